The summed E-state index contributed by atoms with van der Waals surface area (Å²) < 4.78 is 13.2. The molecule has 2 N–H and O–H groups in total. The van der Waals surface area contributed by atoms with E-state index in [1.807, 2.05) is 0 Å². The van der Waals surface area contributed by atoms with Crippen molar-refractivity contribution in [3.05, 3.63) is 57.5 Å². The van der Waals surface area contributed by atoms with Crippen molar-refractivity contribution in [1.82, 2.24) is 0 Å². The molecular weight excluding hydrogens is 293 g/mol. The Morgan fingerprint density at radius 2 is 2.10 bits per heavy atom. The molecule has 1 aromatic heterocycles. The van der Waals surface area contributed by atoms with Gasteiger partial charge in [0.1, 0.15) is 5.82 Å². The summed E-state index contributed by atoms with van der Waals surface area (Å²) in [5, 5.41) is 12.8. The number of hydrogen-bond donors (Lipinski definition) is 2. The standard InChI is InChI=1S/C15H12FNO3S/c1-9-2-3-11(16)7-13(9)17-15(20)10-6-12(21-8-10)4-5-14(18)19/h2-8H,1H3,(H,17,20)(H,18,19). The lowest BCUT2D eigenvalue weighted by Gasteiger charge is -2.07. The minimum atomic E-state index is -1.05. The van der Waals surface area contributed by atoms with Gasteiger partial charge in [-0.3, -0.25) is 4.79 Å². The Morgan fingerprint density at radius 3 is 2.81 bits per heavy atom. The fourth-order valence-electron chi connectivity index (χ4n) is 1.64. The van der Waals surface area contributed by atoms with Gasteiger partial charge in [-0.1, -0.05) is 6.07 Å². The molecule has 0 saturated carbocycles. The number of hydrogen-bond acceptors (Lipinski definition) is 3. The summed E-state index contributed by atoms with van der Waals surface area (Å²) in [4.78, 5) is 23.1. The highest BCUT2D eigenvalue weighted by molar-refractivity contribution is 7.11. The summed E-state index contributed by atoms with van der Waals surface area (Å²) in [5.74, 6) is -1.84. The van der Waals surface area contributed by atoms with E-state index in [0.29, 0.717) is 16.1 Å². The van der Waals surface area contributed by atoms with E-state index in [9.17, 15) is 14.0 Å². The topological polar surface area (TPSA) is 66.4 Å². The van der Waals surface area contributed by atoms with Crippen LogP contribution in [0.15, 0.2) is 35.7 Å². The summed E-state index contributed by atoms with van der Waals surface area (Å²) in [6.45, 7) is 1.77. The van der Waals surface area contributed by atoms with Crippen LogP contribution in [0.2, 0.25) is 0 Å². The lowest BCUT2D eigenvalue weighted by molar-refractivity contribution is -0.131. The van der Waals surface area contributed by atoms with Gasteiger partial charge < -0.3 is 10.4 Å². The lowest BCUT2D eigenvalue weighted by atomic mass is 10.2. The number of carboxylic acids is 1. The molecule has 108 valence electrons. The number of halogens is 1. The molecule has 0 bridgehead atoms. The van der Waals surface area contributed by atoms with Gasteiger partial charge in [0.25, 0.3) is 5.91 Å². The Balaban J connectivity index is 2.14. The van der Waals surface area contributed by atoms with Gasteiger partial charge in [0, 0.05) is 22.0 Å². The average molecular weight is 305 g/mol. The molecule has 1 amide bonds. The Hall–Kier alpha value is -2.47. The predicted molar refractivity (Wildman–Crippen MR) is 80.1 cm³/mol. The first kappa shape index (κ1) is 14.9. The highest BCUT2D eigenvalue weighted by atomic mass is 32.1. The van der Waals surface area contributed by atoms with Crippen molar-refractivity contribution in [2.75, 3.05) is 5.32 Å². The van der Waals surface area contributed by atoms with Gasteiger partial charge in [-0.25, -0.2) is 9.18 Å². The number of carbonyl (C=O) groups is 2. The maximum atomic E-state index is 13.2. The van der Waals surface area contributed by atoms with Crippen molar-refractivity contribution in [3.63, 3.8) is 0 Å². The number of carbonyl (C=O) groups excluding carboxylic acids is 1. The predicted octanol–water partition coefficient (Wildman–Crippen LogP) is 3.55. The van der Waals surface area contributed by atoms with E-state index in [-0.39, 0.29) is 5.91 Å². The van der Waals surface area contributed by atoms with Crippen LogP contribution in [-0.4, -0.2) is 17.0 Å². The fraction of sp³-hybridized carbons (Fsp3) is 0.0667. The molecule has 1 heterocycles. The van der Waals surface area contributed by atoms with Crippen molar-refractivity contribution in [3.8, 4) is 0 Å². The SMILES string of the molecule is Cc1ccc(F)cc1NC(=O)c1csc(C=CC(=O)O)c1. The molecular formula is C15H12FNO3S. The number of thiophene rings is 1. The molecule has 0 saturated heterocycles. The third-order valence-electron chi connectivity index (χ3n) is 2.72. The van der Waals surface area contributed by atoms with Crippen molar-refractivity contribution in [2.45, 2.75) is 6.92 Å². The molecule has 0 atom stereocenters. The Labute approximate surface area is 124 Å². The number of aliphatic carboxylic acids is 1. The molecule has 0 aliphatic carbocycles. The highest BCUT2D eigenvalue weighted by Crippen LogP contribution is 2.20. The van der Waals surface area contributed by atoms with Crippen molar-refractivity contribution in [2.24, 2.45) is 0 Å². The van der Waals surface area contributed by atoms with E-state index >= 15 is 0 Å². The van der Waals surface area contributed by atoms with Crippen LogP contribution < -0.4 is 5.32 Å². The highest BCUT2D eigenvalue weighted by Gasteiger charge is 2.10. The number of aryl methyl sites for hydroxylation is 1. The van der Waals surface area contributed by atoms with E-state index in [4.69, 9.17) is 5.11 Å². The minimum absolute atomic E-state index is 0.366. The van der Waals surface area contributed by atoms with Gasteiger partial charge in [0.2, 0.25) is 0 Å². The first-order valence-electron chi connectivity index (χ1n) is 6.03. The van der Waals surface area contributed by atoms with Gasteiger partial charge in [0.05, 0.1) is 5.56 Å². The van der Waals surface area contributed by atoms with Crippen molar-refractivity contribution < 1.29 is 19.1 Å². The molecule has 0 spiro atoms. The van der Waals surface area contributed by atoms with Crippen LogP contribution in [0.3, 0.4) is 0 Å². The summed E-state index contributed by atoms with van der Waals surface area (Å²) in [7, 11) is 0. The fourth-order valence-corrected chi connectivity index (χ4v) is 2.42. The minimum Gasteiger partial charge on any atom is -0.478 e. The van der Waals surface area contributed by atoms with Gasteiger partial charge in [-0.2, -0.15) is 0 Å². The summed E-state index contributed by atoms with van der Waals surface area (Å²) in [6, 6.07) is 5.74. The van der Waals surface area contributed by atoms with E-state index in [1.54, 1.807) is 24.4 Å². The van der Waals surface area contributed by atoms with Crippen LogP contribution >= 0.6 is 11.3 Å². The van der Waals surface area contributed by atoms with Crippen molar-refractivity contribution >= 4 is 35.0 Å². The second-order valence-corrected chi connectivity index (χ2v) is 5.27. The molecule has 0 aliphatic heterocycles. The van der Waals surface area contributed by atoms with Crippen LogP contribution in [0.5, 0.6) is 0 Å². The van der Waals surface area contributed by atoms with E-state index < -0.39 is 11.8 Å². The zero-order chi connectivity index (χ0) is 15.4. The molecule has 2 rings (SSSR count). The maximum Gasteiger partial charge on any atom is 0.328 e. The third-order valence-corrected chi connectivity index (χ3v) is 3.62. The smallest absolute Gasteiger partial charge is 0.328 e. The quantitative estimate of drug-likeness (QED) is 0.849. The molecule has 6 heteroatoms. The van der Waals surface area contributed by atoms with E-state index in [2.05, 4.69) is 5.32 Å². The zero-order valence-electron chi connectivity index (χ0n) is 11.1. The Bertz CT molecular complexity index is 721. The number of nitrogens with one attached hydrogen (secondary N) is 1. The third kappa shape index (κ3) is 4.00. The van der Waals surface area contributed by atoms with Gasteiger partial charge in [0.15, 0.2) is 0 Å². The van der Waals surface area contributed by atoms with Gasteiger partial charge >= 0.3 is 5.97 Å². The van der Waals surface area contributed by atoms with Crippen LogP contribution in [-0.2, 0) is 4.79 Å². The second-order valence-electron chi connectivity index (χ2n) is 4.32. The number of rotatable bonds is 4. The molecule has 1 aromatic carbocycles. The first-order valence-corrected chi connectivity index (χ1v) is 6.91. The van der Waals surface area contributed by atoms with Crippen LogP contribution in [0, 0.1) is 12.7 Å². The van der Waals surface area contributed by atoms with Crippen LogP contribution in [0.25, 0.3) is 6.08 Å². The van der Waals surface area contributed by atoms with Gasteiger partial charge in [-0.05, 0) is 36.8 Å². The lowest BCUT2D eigenvalue weighted by Crippen LogP contribution is -2.12. The molecule has 0 radical (unpaired) electrons. The zero-order valence-corrected chi connectivity index (χ0v) is 11.9. The molecule has 0 fully saturated rings. The van der Waals surface area contributed by atoms with Crippen molar-refractivity contribution in [1.29, 1.82) is 0 Å². The molecule has 21 heavy (non-hydrogen) atoms. The number of amides is 1. The van der Waals surface area contributed by atoms with E-state index in [1.165, 1.54) is 29.5 Å². The molecule has 0 aliphatic rings. The second kappa shape index (κ2) is 6.32. The van der Waals surface area contributed by atoms with Crippen LogP contribution in [0.4, 0.5) is 10.1 Å². The molecule has 4 nitrogen and oxygen atoms in total. The maximum absolute atomic E-state index is 13.2. The normalized spacial score (nSPS) is 10.8. The number of benzene rings is 1. The Kier molecular flexibility index (Phi) is 4.49. The largest absolute Gasteiger partial charge is 0.478 e. The first-order chi connectivity index (χ1) is 9.95. The van der Waals surface area contributed by atoms with Gasteiger partial charge in [-0.15, -0.1) is 11.3 Å². The Morgan fingerprint density at radius 1 is 1.33 bits per heavy atom. The summed E-state index contributed by atoms with van der Waals surface area (Å²) in [5.41, 5.74) is 1.56. The number of carboxylic acid groups (broad SMARTS) is 1. The molecule has 2 aromatic rings. The van der Waals surface area contributed by atoms with E-state index in [0.717, 1.165) is 11.6 Å². The average Bonchev–Trinajstić information content (AvgIpc) is 2.89. The van der Waals surface area contributed by atoms with Crippen LogP contribution in [0.1, 0.15) is 20.8 Å². The number of anilines is 1. The molecule has 0 unspecified atom stereocenters. The summed E-state index contributed by atoms with van der Waals surface area (Å²) in [6.07, 6.45) is 2.42. The monoisotopic (exact) mass is 305 g/mol. The summed E-state index contributed by atoms with van der Waals surface area (Å²) >= 11 is 1.25.